The summed E-state index contributed by atoms with van der Waals surface area (Å²) in [6.45, 7) is 0.828. The molecular formula is C15H19BrN2O2. The lowest BCUT2D eigenvalue weighted by Gasteiger charge is -2.19. The Balaban J connectivity index is 1.71. The summed E-state index contributed by atoms with van der Waals surface area (Å²) < 4.78 is 6.58. The van der Waals surface area contributed by atoms with Crippen molar-refractivity contribution >= 4 is 21.8 Å². The van der Waals surface area contributed by atoms with Crippen LogP contribution in [0.2, 0.25) is 0 Å². The Kier molecular flexibility index (Phi) is 3.98. The summed E-state index contributed by atoms with van der Waals surface area (Å²) in [5.41, 5.74) is 2.63. The van der Waals surface area contributed by atoms with E-state index in [-0.39, 0.29) is 11.9 Å². The zero-order valence-electron chi connectivity index (χ0n) is 11.5. The van der Waals surface area contributed by atoms with Gasteiger partial charge in [0.05, 0.1) is 7.11 Å². The molecule has 0 aromatic heterocycles. The molecule has 4 nitrogen and oxygen atoms in total. The molecule has 1 fully saturated rings. The van der Waals surface area contributed by atoms with E-state index in [1.807, 2.05) is 6.07 Å². The fourth-order valence-corrected chi connectivity index (χ4v) is 3.67. The number of aryl methyl sites for hydroxylation is 1. The van der Waals surface area contributed by atoms with Crippen LogP contribution in [0.4, 0.5) is 0 Å². The minimum Gasteiger partial charge on any atom is -0.496 e. The van der Waals surface area contributed by atoms with Crippen molar-refractivity contribution < 1.29 is 9.53 Å². The summed E-state index contributed by atoms with van der Waals surface area (Å²) in [5, 5.41) is 6.58. The monoisotopic (exact) mass is 338 g/mol. The molecule has 0 saturated carbocycles. The van der Waals surface area contributed by atoms with Crippen LogP contribution in [0.1, 0.15) is 36.4 Å². The molecule has 0 unspecified atom stereocenters. The lowest BCUT2D eigenvalue weighted by atomic mass is 10.1. The highest BCUT2D eigenvalue weighted by Crippen LogP contribution is 2.40. The first-order chi connectivity index (χ1) is 9.67. The Morgan fingerprint density at radius 1 is 1.40 bits per heavy atom. The number of halogens is 1. The van der Waals surface area contributed by atoms with E-state index in [0.717, 1.165) is 36.0 Å². The van der Waals surface area contributed by atoms with E-state index in [2.05, 4.69) is 32.6 Å². The van der Waals surface area contributed by atoms with Crippen molar-refractivity contribution in [3.63, 3.8) is 0 Å². The van der Waals surface area contributed by atoms with Crippen LogP contribution in [0.15, 0.2) is 16.6 Å². The third kappa shape index (κ3) is 2.69. The van der Waals surface area contributed by atoms with Gasteiger partial charge in [-0.25, -0.2) is 0 Å². The number of benzene rings is 1. The number of carbonyl (C=O) groups excluding carboxylic acids is 1. The van der Waals surface area contributed by atoms with Crippen LogP contribution in [-0.2, 0) is 11.2 Å². The van der Waals surface area contributed by atoms with Crippen LogP contribution in [0.3, 0.4) is 0 Å². The van der Waals surface area contributed by atoms with Gasteiger partial charge in [-0.1, -0.05) is 15.9 Å². The van der Waals surface area contributed by atoms with Crippen LogP contribution in [0, 0.1) is 0 Å². The van der Waals surface area contributed by atoms with Crippen molar-refractivity contribution in [3.8, 4) is 5.75 Å². The number of amides is 1. The number of hydrogen-bond donors (Lipinski definition) is 2. The summed E-state index contributed by atoms with van der Waals surface area (Å²) in [6.07, 6.45) is 3.75. The zero-order chi connectivity index (χ0) is 14.1. The van der Waals surface area contributed by atoms with Crippen molar-refractivity contribution in [1.29, 1.82) is 0 Å². The van der Waals surface area contributed by atoms with Crippen LogP contribution >= 0.6 is 15.9 Å². The van der Waals surface area contributed by atoms with Crippen LogP contribution in [0.5, 0.6) is 5.75 Å². The number of carbonyl (C=O) groups is 1. The Bertz CT molecular complexity index is 533. The molecule has 2 atom stereocenters. The smallest absolute Gasteiger partial charge is 0.220 e. The quantitative estimate of drug-likeness (QED) is 0.885. The van der Waals surface area contributed by atoms with Gasteiger partial charge in [0, 0.05) is 35.1 Å². The lowest BCUT2D eigenvalue weighted by Crippen LogP contribution is -2.36. The van der Waals surface area contributed by atoms with Gasteiger partial charge in [0.25, 0.3) is 0 Å². The second-order valence-electron chi connectivity index (χ2n) is 5.48. The number of hydrogen-bond acceptors (Lipinski definition) is 3. The fourth-order valence-electron chi connectivity index (χ4n) is 3.18. The topological polar surface area (TPSA) is 50.4 Å². The van der Waals surface area contributed by atoms with E-state index in [1.165, 1.54) is 11.1 Å². The summed E-state index contributed by atoms with van der Waals surface area (Å²) in [4.78, 5) is 11.2. The fraction of sp³-hybridized carbons (Fsp3) is 0.533. The van der Waals surface area contributed by atoms with Crippen molar-refractivity contribution in [2.45, 2.75) is 37.8 Å². The van der Waals surface area contributed by atoms with Gasteiger partial charge in [0.15, 0.2) is 0 Å². The van der Waals surface area contributed by atoms with Gasteiger partial charge in [-0.2, -0.15) is 0 Å². The first-order valence-electron chi connectivity index (χ1n) is 7.06. The minimum absolute atomic E-state index is 0.171. The first kappa shape index (κ1) is 13.9. The SMILES string of the molecule is COc1cc(Br)cc2c1[C@H](NC[C@@H]1CCC(=O)N1)CC2. The standard InChI is InChI=1S/C15H19BrN2O2/c1-20-13-7-10(16)6-9-2-4-12(15(9)13)17-8-11-3-5-14(19)18-11/h6-7,11-12,17H,2-5,8H2,1H3,(H,18,19)/t11-,12+/m0/s1. The number of rotatable bonds is 4. The van der Waals surface area contributed by atoms with E-state index in [0.29, 0.717) is 12.5 Å². The molecule has 2 aliphatic rings. The Hall–Kier alpha value is -1.07. The van der Waals surface area contributed by atoms with Crippen LogP contribution in [0.25, 0.3) is 0 Å². The molecule has 1 heterocycles. The summed E-state index contributed by atoms with van der Waals surface area (Å²) in [5.74, 6) is 1.12. The van der Waals surface area contributed by atoms with Gasteiger partial charge in [-0.15, -0.1) is 0 Å². The third-order valence-electron chi connectivity index (χ3n) is 4.16. The largest absolute Gasteiger partial charge is 0.496 e. The van der Waals surface area contributed by atoms with E-state index in [9.17, 15) is 4.79 Å². The predicted octanol–water partition coefficient (Wildman–Crippen LogP) is 2.31. The predicted molar refractivity (Wildman–Crippen MR) is 80.9 cm³/mol. The highest BCUT2D eigenvalue weighted by atomic mass is 79.9. The zero-order valence-corrected chi connectivity index (χ0v) is 13.1. The Morgan fingerprint density at radius 3 is 2.95 bits per heavy atom. The van der Waals surface area contributed by atoms with Gasteiger partial charge in [-0.3, -0.25) is 4.79 Å². The van der Waals surface area contributed by atoms with E-state index < -0.39 is 0 Å². The summed E-state index contributed by atoms with van der Waals surface area (Å²) in [6, 6.07) is 4.80. The van der Waals surface area contributed by atoms with Gasteiger partial charge in [-0.05, 0) is 37.0 Å². The third-order valence-corrected chi connectivity index (χ3v) is 4.62. The number of nitrogens with one attached hydrogen (secondary N) is 2. The van der Waals surface area contributed by atoms with Crippen molar-refractivity contribution in [2.75, 3.05) is 13.7 Å². The highest BCUT2D eigenvalue weighted by Gasteiger charge is 2.28. The van der Waals surface area contributed by atoms with E-state index in [4.69, 9.17) is 4.74 Å². The molecule has 0 radical (unpaired) electrons. The highest BCUT2D eigenvalue weighted by molar-refractivity contribution is 9.10. The van der Waals surface area contributed by atoms with Gasteiger partial charge in [0.1, 0.15) is 5.75 Å². The molecule has 1 aromatic rings. The average Bonchev–Trinajstić information content (AvgIpc) is 3.01. The molecule has 3 rings (SSSR count). The molecule has 2 N–H and O–H groups in total. The van der Waals surface area contributed by atoms with Gasteiger partial charge in [0.2, 0.25) is 5.91 Å². The van der Waals surface area contributed by atoms with Crippen LogP contribution < -0.4 is 15.4 Å². The number of methoxy groups -OCH3 is 1. The number of fused-ring (bicyclic) bond motifs is 1. The summed E-state index contributed by atoms with van der Waals surface area (Å²) in [7, 11) is 1.72. The average molecular weight is 339 g/mol. The van der Waals surface area contributed by atoms with E-state index >= 15 is 0 Å². The van der Waals surface area contributed by atoms with Gasteiger partial charge >= 0.3 is 0 Å². The minimum atomic E-state index is 0.171. The maximum atomic E-state index is 11.2. The van der Waals surface area contributed by atoms with Crippen LogP contribution in [-0.4, -0.2) is 25.6 Å². The molecule has 0 bridgehead atoms. The second-order valence-corrected chi connectivity index (χ2v) is 6.40. The Morgan fingerprint density at radius 2 is 2.25 bits per heavy atom. The molecule has 1 amide bonds. The molecular weight excluding hydrogens is 320 g/mol. The van der Waals surface area contributed by atoms with Crippen molar-refractivity contribution in [1.82, 2.24) is 10.6 Å². The maximum Gasteiger partial charge on any atom is 0.220 e. The Labute approximate surface area is 127 Å². The maximum absolute atomic E-state index is 11.2. The molecule has 5 heteroatoms. The molecule has 1 saturated heterocycles. The van der Waals surface area contributed by atoms with Crippen molar-refractivity contribution in [2.24, 2.45) is 0 Å². The molecule has 1 aliphatic carbocycles. The molecule has 20 heavy (non-hydrogen) atoms. The normalized spacial score (nSPS) is 24.6. The molecule has 0 spiro atoms. The van der Waals surface area contributed by atoms with Gasteiger partial charge < -0.3 is 15.4 Å². The van der Waals surface area contributed by atoms with Crippen molar-refractivity contribution in [3.05, 3.63) is 27.7 Å². The second kappa shape index (κ2) is 5.74. The first-order valence-corrected chi connectivity index (χ1v) is 7.85. The number of ether oxygens (including phenoxy) is 1. The lowest BCUT2D eigenvalue weighted by molar-refractivity contribution is -0.119. The molecule has 1 aliphatic heterocycles. The molecule has 108 valence electrons. The molecule has 1 aromatic carbocycles. The van der Waals surface area contributed by atoms with E-state index in [1.54, 1.807) is 7.11 Å². The summed E-state index contributed by atoms with van der Waals surface area (Å²) >= 11 is 3.53.